The van der Waals surface area contributed by atoms with E-state index in [9.17, 15) is 19.2 Å². The predicted molar refractivity (Wildman–Crippen MR) is 143 cm³/mol. The summed E-state index contributed by atoms with van der Waals surface area (Å²) in [6, 6.07) is 5.10. The Labute approximate surface area is 216 Å². The average Bonchev–Trinajstić information content (AvgIpc) is 3.30. The lowest BCUT2D eigenvalue weighted by molar-refractivity contribution is -0.137. The van der Waals surface area contributed by atoms with Crippen LogP contribution in [0.3, 0.4) is 0 Å². The van der Waals surface area contributed by atoms with Gasteiger partial charge in [0.25, 0.3) is 11.8 Å². The molecular formula is C27H35N5O5. The first-order valence-corrected chi connectivity index (χ1v) is 12.5. The highest BCUT2D eigenvalue weighted by molar-refractivity contribution is 6.35. The summed E-state index contributed by atoms with van der Waals surface area (Å²) in [5.41, 5.74) is 4.85. The van der Waals surface area contributed by atoms with Crippen LogP contribution in [0.15, 0.2) is 18.2 Å². The van der Waals surface area contributed by atoms with Crippen LogP contribution < -0.4 is 16.0 Å². The van der Waals surface area contributed by atoms with Gasteiger partial charge in [0.05, 0.1) is 11.1 Å². The molecule has 0 saturated heterocycles. The van der Waals surface area contributed by atoms with E-state index in [0.717, 1.165) is 25.2 Å². The molecule has 10 nitrogen and oxygen atoms in total. The maximum absolute atomic E-state index is 12.9. The number of carboxylic acid groups (broad SMARTS) is 1. The highest BCUT2D eigenvalue weighted by Crippen LogP contribution is 2.36. The Balaban J connectivity index is 1.78. The number of anilines is 2. The van der Waals surface area contributed by atoms with Crippen molar-refractivity contribution < 1.29 is 24.3 Å². The number of nitrogens with one attached hydrogen (secondary N) is 4. The Morgan fingerprint density at radius 2 is 1.84 bits per heavy atom. The largest absolute Gasteiger partial charge is 0.481 e. The van der Waals surface area contributed by atoms with Gasteiger partial charge in [-0.15, -0.1) is 0 Å². The average molecular weight is 510 g/mol. The lowest BCUT2D eigenvalue weighted by Gasteiger charge is -2.18. The molecule has 3 amide bonds. The van der Waals surface area contributed by atoms with Crippen molar-refractivity contribution in [2.24, 2.45) is 0 Å². The van der Waals surface area contributed by atoms with Gasteiger partial charge in [0.2, 0.25) is 5.91 Å². The van der Waals surface area contributed by atoms with Crippen LogP contribution in [0, 0.1) is 13.8 Å². The lowest BCUT2D eigenvalue weighted by Crippen LogP contribution is -2.35. The Morgan fingerprint density at radius 3 is 2.51 bits per heavy atom. The molecule has 1 aliphatic heterocycles. The Hall–Kier alpha value is -3.92. The smallest absolute Gasteiger partial charge is 0.303 e. The topological polar surface area (TPSA) is 144 Å². The molecule has 0 radical (unpaired) electrons. The molecule has 0 unspecified atom stereocenters. The second-order valence-corrected chi connectivity index (χ2v) is 9.01. The van der Waals surface area contributed by atoms with Crippen LogP contribution in [-0.4, -0.2) is 64.9 Å². The van der Waals surface area contributed by atoms with Crippen LogP contribution in [0.5, 0.6) is 0 Å². The van der Waals surface area contributed by atoms with E-state index in [1.165, 1.54) is 0 Å². The van der Waals surface area contributed by atoms with Crippen molar-refractivity contribution in [2.45, 2.75) is 47.0 Å². The normalized spacial score (nSPS) is 13.5. The van der Waals surface area contributed by atoms with E-state index < -0.39 is 5.97 Å². The van der Waals surface area contributed by atoms with E-state index in [1.54, 1.807) is 24.3 Å². The van der Waals surface area contributed by atoms with Crippen LogP contribution in [0.4, 0.5) is 11.4 Å². The van der Waals surface area contributed by atoms with Crippen LogP contribution in [-0.2, 0) is 14.4 Å². The number of rotatable bonds is 12. The molecule has 0 fully saturated rings. The lowest BCUT2D eigenvalue weighted by atomic mass is 10.0. The maximum atomic E-state index is 12.9. The number of aromatic amines is 1. The number of aryl methyl sites for hydroxylation is 1. The molecule has 0 atom stereocenters. The summed E-state index contributed by atoms with van der Waals surface area (Å²) in [5, 5.41) is 17.3. The van der Waals surface area contributed by atoms with E-state index in [2.05, 4.69) is 39.7 Å². The van der Waals surface area contributed by atoms with Crippen molar-refractivity contribution in [2.75, 3.05) is 36.8 Å². The zero-order valence-corrected chi connectivity index (χ0v) is 21.8. The number of hydrogen-bond acceptors (Lipinski definition) is 5. The molecule has 0 spiro atoms. The van der Waals surface area contributed by atoms with Gasteiger partial charge in [-0.3, -0.25) is 19.2 Å². The van der Waals surface area contributed by atoms with Crippen molar-refractivity contribution in [3.05, 3.63) is 46.3 Å². The second kappa shape index (κ2) is 12.4. The summed E-state index contributed by atoms with van der Waals surface area (Å²) in [6.45, 7) is 11.0. The van der Waals surface area contributed by atoms with Gasteiger partial charge in [-0.05, 0) is 63.2 Å². The Bertz CT molecular complexity index is 1230. The monoisotopic (exact) mass is 509 g/mol. The van der Waals surface area contributed by atoms with Crippen molar-refractivity contribution in [3.8, 4) is 0 Å². The molecule has 5 N–H and O–H groups in total. The van der Waals surface area contributed by atoms with Gasteiger partial charge in [-0.25, -0.2) is 0 Å². The fourth-order valence-corrected chi connectivity index (χ4v) is 4.39. The van der Waals surface area contributed by atoms with Gasteiger partial charge < -0.3 is 30.9 Å². The first-order valence-electron chi connectivity index (χ1n) is 12.5. The van der Waals surface area contributed by atoms with Crippen molar-refractivity contribution in [1.29, 1.82) is 0 Å². The molecule has 1 aromatic carbocycles. The number of carbonyl (C=O) groups is 4. The molecule has 198 valence electrons. The van der Waals surface area contributed by atoms with E-state index in [4.69, 9.17) is 5.11 Å². The van der Waals surface area contributed by atoms with Gasteiger partial charge in [0.15, 0.2) is 0 Å². The summed E-state index contributed by atoms with van der Waals surface area (Å²) < 4.78 is 0. The number of fused-ring (bicyclic) bond motifs is 1. The summed E-state index contributed by atoms with van der Waals surface area (Å²) in [7, 11) is 0. The molecule has 0 aliphatic carbocycles. The summed E-state index contributed by atoms with van der Waals surface area (Å²) >= 11 is 0. The van der Waals surface area contributed by atoms with Crippen molar-refractivity contribution >= 4 is 46.7 Å². The first-order chi connectivity index (χ1) is 17.6. The molecule has 0 saturated carbocycles. The standard InChI is InChI=1S/C27H35N5O5/c1-5-32(6-2)13-12-28-27(37)25-16(3)22(29-17(25)4)15-20-19-14-18(10-11-21(19)31-26(20)36)30-23(33)8-7-9-24(34)35/h10-11,14-15,29H,5-9,12-13H2,1-4H3,(H,28,37)(H,30,33)(H,31,36)(H,34,35)/b20-15-. The number of hydrogen-bond donors (Lipinski definition) is 5. The number of aromatic nitrogens is 1. The van der Waals surface area contributed by atoms with Gasteiger partial charge in [0, 0.05) is 54.3 Å². The minimum absolute atomic E-state index is 0.0756. The Morgan fingerprint density at radius 1 is 1.11 bits per heavy atom. The highest BCUT2D eigenvalue weighted by Gasteiger charge is 2.26. The molecule has 2 aromatic rings. The molecule has 10 heteroatoms. The predicted octanol–water partition coefficient (Wildman–Crippen LogP) is 3.39. The molecular weight excluding hydrogens is 474 g/mol. The van der Waals surface area contributed by atoms with E-state index in [-0.39, 0.29) is 37.0 Å². The summed E-state index contributed by atoms with van der Waals surface area (Å²) in [6.07, 6.45) is 1.97. The van der Waals surface area contributed by atoms with Crippen LogP contribution >= 0.6 is 0 Å². The van der Waals surface area contributed by atoms with Crippen LogP contribution in [0.2, 0.25) is 0 Å². The molecule has 2 heterocycles. The zero-order valence-electron chi connectivity index (χ0n) is 21.8. The zero-order chi connectivity index (χ0) is 27.1. The highest BCUT2D eigenvalue weighted by atomic mass is 16.4. The number of H-pyrrole nitrogens is 1. The molecule has 1 aromatic heterocycles. The fourth-order valence-electron chi connectivity index (χ4n) is 4.39. The fraction of sp³-hybridized carbons (Fsp3) is 0.407. The third kappa shape index (κ3) is 6.85. The molecule has 37 heavy (non-hydrogen) atoms. The number of aliphatic carboxylic acids is 1. The SMILES string of the molecule is CCN(CC)CCNC(=O)c1c(C)[nH]c(/C=C2\C(=O)Nc3ccc(NC(=O)CCCC(=O)O)cc32)c1C. The van der Waals surface area contributed by atoms with Gasteiger partial charge >= 0.3 is 5.97 Å². The number of benzene rings is 1. The van der Waals surface area contributed by atoms with Gasteiger partial charge in [0.1, 0.15) is 0 Å². The third-order valence-corrected chi connectivity index (χ3v) is 6.48. The number of nitrogens with zero attached hydrogens (tertiary/aromatic N) is 1. The molecule has 0 bridgehead atoms. The van der Waals surface area contributed by atoms with Crippen LogP contribution in [0.25, 0.3) is 11.6 Å². The van der Waals surface area contributed by atoms with E-state index in [0.29, 0.717) is 46.0 Å². The number of amides is 3. The summed E-state index contributed by atoms with van der Waals surface area (Å²) in [5.74, 6) is -1.68. The first kappa shape index (κ1) is 27.7. The maximum Gasteiger partial charge on any atom is 0.303 e. The van der Waals surface area contributed by atoms with E-state index in [1.807, 2.05) is 13.8 Å². The van der Waals surface area contributed by atoms with Gasteiger partial charge in [-0.1, -0.05) is 13.8 Å². The molecule has 1 aliphatic rings. The van der Waals surface area contributed by atoms with Gasteiger partial charge in [-0.2, -0.15) is 0 Å². The summed E-state index contributed by atoms with van der Waals surface area (Å²) in [4.78, 5) is 53.9. The van der Waals surface area contributed by atoms with Crippen molar-refractivity contribution in [1.82, 2.24) is 15.2 Å². The third-order valence-electron chi connectivity index (χ3n) is 6.48. The Kier molecular flexibility index (Phi) is 9.24. The minimum Gasteiger partial charge on any atom is -0.481 e. The van der Waals surface area contributed by atoms with Crippen LogP contribution in [0.1, 0.15) is 66.0 Å². The molecule has 3 rings (SSSR count). The number of carboxylic acids is 1. The minimum atomic E-state index is -0.945. The number of carbonyl (C=O) groups excluding carboxylic acids is 3. The second-order valence-electron chi connectivity index (χ2n) is 9.01. The number of likely N-dealkylation sites (N-methyl/N-ethyl adjacent to an activating group) is 1. The van der Waals surface area contributed by atoms with Crippen molar-refractivity contribution in [3.63, 3.8) is 0 Å². The quantitative estimate of drug-likeness (QED) is 0.278. The van der Waals surface area contributed by atoms with E-state index >= 15 is 0 Å².